The predicted molar refractivity (Wildman–Crippen MR) is 97.6 cm³/mol. The fraction of sp³-hybridized carbons (Fsp3) is 0.211. The van der Waals surface area contributed by atoms with Gasteiger partial charge in [-0.3, -0.25) is 0 Å². The van der Waals surface area contributed by atoms with Crippen molar-refractivity contribution >= 4 is 11.3 Å². The van der Waals surface area contributed by atoms with Crippen molar-refractivity contribution in [3.8, 4) is 21.9 Å². The second-order valence-corrected chi connectivity index (χ2v) is 6.50. The normalized spacial score (nSPS) is 10.7. The molecule has 0 saturated heterocycles. The average molecular weight is 358 g/mol. The highest BCUT2D eigenvalue weighted by Crippen LogP contribution is 2.34. The minimum Gasteiger partial charge on any atom is -0.493 e. The minimum absolute atomic E-state index is 0.194. The van der Waals surface area contributed by atoms with Crippen molar-refractivity contribution < 1.29 is 13.9 Å². The van der Waals surface area contributed by atoms with E-state index in [-0.39, 0.29) is 5.82 Å². The third-order valence-electron chi connectivity index (χ3n) is 3.77. The molecule has 0 atom stereocenters. The molecule has 130 valence electrons. The summed E-state index contributed by atoms with van der Waals surface area (Å²) in [4.78, 5) is 5.48. The van der Waals surface area contributed by atoms with Gasteiger partial charge in [0.1, 0.15) is 10.8 Å². The number of nitrogens with zero attached hydrogens (tertiary/aromatic N) is 1. The van der Waals surface area contributed by atoms with E-state index in [0.717, 1.165) is 15.4 Å². The molecule has 0 unspecified atom stereocenters. The van der Waals surface area contributed by atoms with Gasteiger partial charge >= 0.3 is 0 Å². The van der Waals surface area contributed by atoms with Crippen molar-refractivity contribution in [2.45, 2.75) is 13.1 Å². The van der Waals surface area contributed by atoms with Crippen molar-refractivity contribution in [1.29, 1.82) is 0 Å². The van der Waals surface area contributed by atoms with E-state index < -0.39 is 0 Å². The predicted octanol–water partition coefficient (Wildman–Crippen LogP) is 4.26. The van der Waals surface area contributed by atoms with Crippen molar-refractivity contribution in [2.24, 2.45) is 0 Å². The van der Waals surface area contributed by atoms with Gasteiger partial charge in [0.05, 0.1) is 19.1 Å². The summed E-state index contributed by atoms with van der Waals surface area (Å²) in [7, 11) is 3.23. The van der Waals surface area contributed by atoms with Crippen LogP contribution in [0.2, 0.25) is 0 Å². The summed E-state index contributed by atoms with van der Waals surface area (Å²) in [5.74, 6) is 1.19. The molecule has 6 heteroatoms. The van der Waals surface area contributed by atoms with E-state index >= 15 is 0 Å². The number of hydrogen-bond donors (Lipinski definition) is 1. The lowest BCUT2D eigenvalue weighted by Gasteiger charge is -2.08. The lowest BCUT2D eigenvalue weighted by atomic mass is 10.2. The molecule has 25 heavy (non-hydrogen) atoms. The van der Waals surface area contributed by atoms with Crippen LogP contribution in [0.3, 0.4) is 0 Å². The SMILES string of the molecule is COc1ccc(-c2cnc(CNCc3ccccc3F)s2)cc1OC. The van der Waals surface area contributed by atoms with Gasteiger partial charge in [-0.15, -0.1) is 11.3 Å². The van der Waals surface area contributed by atoms with Crippen LogP contribution in [0.5, 0.6) is 11.5 Å². The van der Waals surface area contributed by atoms with Gasteiger partial charge in [0.15, 0.2) is 11.5 Å². The Morgan fingerprint density at radius 2 is 1.84 bits per heavy atom. The van der Waals surface area contributed by atoms with Crippen LogP contribution in [0.1, 0.15) is 10.6 Å². The van der Waals surface area contributed by atoms with Crippen LogP contribution in [-0.2, 0) is 13.1 Å². The number of benzene rings is 2. The molecule has 0 radical (unpaired) electrons. The van der Waals surface area contributed by atoms with Gasteiger partial charge in [0.2, 0.25) is 0 Å². The summed E-state index contributed by atoms with van der Waals surface area (Å²) in [5, 5.41) is 4.17. The van der Waals surface area contributed by atoms with Gasteiger partial charge in [0, 0.05) is 24.8 Å². The van der Waals surface area contributed by atoms with Gasteiger partial charge in [0.25, 0.3) is 0 Å². The molecule has 4 nitrogen and oxygen atoms in total. The number of methoxy groups -OCH3 is 2. The molecule has 0 saturated carbocycles. The zero-order chi connectivity index (χ0) is 17.6. The van der Waals surface area contributed by atoms with E-state index in [9.17, 15) is 4.39 Å². The van der Waals surface area contributed by atoms with E-state index in [1.54, 1.807) is 37.7 Å². The Hall–Kier alpha value is -2.44. The maximum Gasteiger partial charge on any atom is 0.161 e. The van der Waals surface area contributed by atoms with E-state index in [0.29, 0.717) is 30.2 Å². The third kappa shape index (κ3) is 4.15. The molecule has 1 aromatic heterocycles. The first-order valence-electron chi connectivity index (χ1n) is 7.82. The number of rotatable bonds is 7. The van der Waals surface area contributed by atoms with Gasteiger partial charge < -0.3 is 14.8 Å². The second-order valence-electron chi connectivity index (χ2n) is 5.38. The maximum atomic E-state index is 13.6. The number of ether oxygens (including phenoxy) is 2. The van der Waals surface area contributed by atoms with Crippen LogP contribution < -0.4 is 14.8 Å². The second kappa shape index (κ2) is 8.09. The van der Waals surface area contributed by atoms with Crippen molar-refractivity contribution in [3.05, 3.63) is 65.0 Å². The topological polar surface area (TPSA) is 43.4 Å². The minimum atomic E-state index is -0.194. The molecule has 1 heterocycles. The van der Waals surface area contributed by atoms with Crippen LogP contribution in [0.15, 0.2) is 48.7 Å². The smallest absolute Gasteiger partial charge is 0.161 e. The van der Waals surface area contributed by atoms with E-state index in [1.165, 1.54) is 6.07 Å². The molecular formula is C19H19FN2O2S. The van der Waals surface area contributed by atoms with Gasteiger partial charge in [-0.05, 0) is 29.8 Å². The number of aromatic nitrogens is 1. The molecule has 0 amide bonds. The Balaban J connectivity index is 1.65. The Bertz CT molecular complexity index is 851. The Morgan fingerprint density at radius 3 is 2.60 bits per heavy atom. The molecule has 0 bridgehead atoms. The number of halogens is 1. The highest BCUT2D eigenvalue weighted by Gasteiger charge is 2.09. The molecular weight excluding hydrogens is 339 g/mol. The molecule has 0 aliphatic heterocycles. The first-order chi connectivity index (χ1) is 12.2. The summed E-state index contributed by atoms with van der Waals surface area (Å²) in [5.41, 5.74) is 1.68. The summed E-state index contributed by atoms with van der Waals surface area (Å²) in [6.45, 7) is 1.06. The van der Waals surface area contributed by atoms with Crippen molar-refractivity contribution in [3.63, 3.8) is 0 Å². The summed E-state index contributed by atoms with van der Waals surface area (Å²) >= 11 is 1.59. The lowest BCUT2D eigenvalue weighted by molar-refractivity contribution is 0.355. The van der Waals surface area contributed by atoms with Gasteiger partial charge in [-0.1, -0.05) is 18.2 Å². The quantitative estimate of drug-likeness (QED) is 0.685. The largest absolute Gasteiger partial charge is 0.493 e. The van der Waals surface area contributed by atoms with Crippen molar-refractivity contribution in [1.82, 2.24) is 10.3 Å². The molecule has 0 fully saturated rings. The molecule has 0 aliphatic rings. The van der Waals surface area contributed by atoms with Crippen LogP contribution in [0.25, 0.3) is 10.4 Å². The maximum absolute atomic E-state index is 13.6. The fourth-order valence-electron chi connectivity index (χ4n) is 2.46. The van der Waals surface area contributed by atoms with Gasteiger partial charge in [-0.2, -0.15) is 0 Å². The highest BCUT2D eigenvalue weighted by molar-refractivity contribution is 7.15. The average Bonchev–Trinajstić information content (AvgIpc) is 3.11. The van der Waals surface area contributed by atoms with E-state index in [4.69, 9.17) is 9.47 Å². The zero-order valence-corrected chi connectivity index (χ0v) is 14.9. The Morgan fingerprint density at radius 1 is 1.04 bits per heavy atom. The highest BCUT2D eigenvalue weighted by atomic mass is 32.1. The van der Waals surface area contributed by atoms with Crippen LogP contribution in [0.4, 0.5) is 4.39 Å². The number of hydrogen-bond acceptors (Lipinski definition) is 5. The fourth-order valence-corrected chi connectivity index (χ4v) is 3.34. The van der Waals surface area contributed by atoms with E-state index in [2.05, 4.69) is 10.3 Å². The van der Waals surface area contributed by atoms with Crippen LogP contribution in [0, 0.1) is 5.82 Å². The Labute approximate surface area is 150 Å². The molecule has 0 aliphatic carbocycles. The van der Waals surface area contributed by atoms with E-state index in [1.807, 2.05) is 30.5 Å². The monoisotopic (exact) mass is 358 g/mol. The summed E-state index contributed by atoms with van der Waals surface area (Å²) in [6, 6.07) is 12.6. The molecule has 1 N–H and O–H groups in total. The first kappa shape index (κ1) is 17.4. The molecule has 2 aromatic carbocycles. The molecule has 3 aromatic rings. The number of thiazole rings is 1. The summed E-state index contributed by atoms with van der Waals surface area (Å²) < 4.78 is 24.2. The van der Waals surface area contributed by atoms with Gasteiger partial charge in [-0.25, -0.2) is 9.37 Å². The molecule has 3 rings (SSSR count). The molecule has 0 spiro atoms. The summed E-state index contributed by atoms with van der Waals surface area (Å²) in [6.07, 6.45) is 1.84. The Kier molecular flexibility index (Phi) is 5.63. The number of nitrogens with one attached hydrogen (secondary N) is 1. The zero-order valence-electron chi connectivity index (χ0n) is 14.1. The van der Waals surface area contributed by atoms with Crippen LogP contribution >= 0.6 is 11.3 Å². The lowest BCUT2D eigenvalue weighted by Crippen LogP contribution is -2.13. The first-order valence-corrected chi connectivity index (χ1v) is 8.64. The standard InChI is InChI=1S/C19H19FN2O2S/c1-23-16-8-7-13(9-17(16)24-2)18-11-22-19(25-18)12-21-10-14-5-3-4-6-15(14)20/h3-9,11,21H,10,12H2,1-2H3. The van der Waals surface area contributed by atoms with Crippen molar-refractivity contribution in [2.75, 3.05) is 14.2 Å². The third-order valence-corrected chi connectivity index (χ3v) is 4.82. The van der Waals surface area contributed by atoms with Crippen LogP contribution in [-0.4, -0.2) is 19.2 Å².